The van der Waals surface area contributed by atoms with Crippen LogP contribution in [0.15, 0.2) is 0 Å². The molecule has 2 N–H and O–H groups in total. The van der Waals surface area contributed by atoms with E-state index in [1.807, 2.05) is 0 Å². The molecule has 1 aliphatic heterocycles. The highest BCUT2D eigenvalue weighted by Crippen LogP contribution is 2.31. The van der Waals surface area contributed by atoms with Crippen LogP contribution < -0.4 is 5.73 Å². The van der Waals surface area contributed by atoms with Gasteiger partial charge in [-0.3, -0.25) is 4.90 Å². The van der Waals surface area contributed by atoms with E-state index >= 15 is 0 Å². The van der Waals surface area contributed by atoms with Gasteiger partial charge >= 0.3 is 0 Å². The zero-order chi connectivity index (χ0) is 16.3. The molecule has 0 spiro atoms. The summed E-state index contributed by atoms with van der Waals surface area (Å²) in [5, 5.41) is 0. The standard InChI is InChI=1S/C20H42N2/c1-4-6-8-10-12-16-20(3,15-11-9-7-5-2)22-17-13-14-19(21)18-22/h19H,4-18,21H2,1-3H3. The summed E-state index contributed by atoms with van der Waals surface area (Å²) < 4.78 is 0. The minimum atomic E-state index is 0.401. The van der Waals surface area contributed by atoms with Gasteiger partial charge in [-0.25, -0.2) is 0 Å². The molecule has 0 bridgehead atoms. The van der Waals surface area contributed by atoms with Crippen LogP contribution in [0.2, 0.25) is 0 Å². The van der Waals surface area contributed by atoms with Crippen LogP contribution in [0.25, 0.3) is 0 Å². The van der Waals surface area contributed by atoms with Crippen LogP contribution in [-0.4, -0.2) is 29.6 Å². The third kappa shape index (κ3) is 7.46. The fourth-order valence-electron chi connectivity index (χ4n) is 3.98. The molecule has 0 amide bonds. The van der Waals surface area contributed by atoms with E-state index in [0.29, 0.717) is 11.6 Å². The second-order valence-corrected chi connectivity index (χ2v) is 7.82. The number of rotatable bonds is 12. The first-order valence-corrected chi connectivity index (χ1v) is 10.1. The van der Waals surface area contributed by atoms with Gasteiger partial charge in [-0.05, 0) is 39.2 Å². The summed E-state index contributed by atoms with van der Waals surface area (Å²) in [5.74, 6) is 0. The summed E-state index contributed by atoms with van der Waals surface area (Å²) in [7, 11) is 0. The lowest BCUT2D eigenvalue weighted by Gasteiger charge is -2.45. The molecule has 0 aromatic heterocycles. The van der Waals surface area contributed by atoms with Gasteiger partial charge in [0.25, 0.3) is 0 Å². The van der Waals surface area contributed by atoms with Gasteiger partial charge in [0.15, 0.2) is 0 Å². The summed E-state index contributed by atoms with van der Waals surface area (Å²) in [6, 6.07) is 0.406. The van der Waals surface area contributed by atoms with Crippen LogP contribution in [0.4, 0.5) is 0 Å². The highest BCUT2D eigenvalue weighted by atomic mass is 15.2. The van der Waals surface area contributed by atoms with E-state index in [0.717, 1.165) is 6.54 Å². The second kappa shape index (κ2) is 11.5. The van der Waals surface area contributed by atoms with Crippen molar-refractivity contribution in [3.8, 4) is 0 Å². The van der Waals surface area contributed by atoms with Crippen molar-refractivity contribution in [2.75, 3.05) is 13.1 Å². The van der Waals surface area contributed by atoms with Gasteiger partial charge < -0.3 is 5.73 Å². The molecule has 2 nitrogen and oxygen atoms in total. The molecule has 1 heterocycles. The lowest BCUT2D eigenvalue weighted by molar-refractivity contribution is 0.0530. The Hall–Kier alpha value is -0.0800. The van der Waals surface area contributed by atoms with Crippen molar-refractivity contribution in [2.45, 2.75) is 116 Å². The average molecular weight is 311 g/mol. The molecule has 0 aromatic carbocycles. The number of unbranched alkanes of at least 4 members (excludes halogenated alkanes) is 7. The monoisotopic (exact) mass is 310 g/mol. The summed E-state index contributed by atoms with van der Waals surface area (Å²) in [5.41, 5.74) is 6.65. The first kappa shape index (κ1) is 20.0. The maximum atomic E-state index is 6.25. The van der Waals surface area contributed by atoms with Crippen molar-refractivity contribution in [1.82, 2.24) is 4.90 Å². The first-order chi connectivity index (χ1) is 10.6. The molecule has 2 atom stereocenters. The van der Waals surface area contributed by atoms with Crippen LogP contribution in [0.3, 0.4) is 0 Å². The van der Waals surface area contributed by atoms with Gasteiger partial charge in [0.1, 0.15) is 0 Å². The zero-order valence-electron chi connectivity index (χ0n) is 15.7. The Kier molecular flexibility index (Phi) is 10.4. The van der Waals surface area contributed by atoms with E-state index in [1.165, 1.54) is 90.0 Å². The average Bonchev–Trinajstić information content (AvgIpc) is 2.51. The minimum absolute atomic E-state index is 0.401. The fraction of sp³-hybridized carbons (Fsp3) is 1.00. The predicted octanol–water partition coefficient (Wildman–Crippen LogP) is 5.50. The number of nitrogens with two attached hydrogens (primary N) is 1. The van der Waals surface area contributed by atoms with Crippen LogP contribution in [0.1, 0.15) is 104 Å². The van der Waals surface area contributed by atoms with Crippen LogP contribution >= 0.6 is 0 Å². The van der Waals surface area contributed by atoms with Crippen molar-refractivity contribution >= 4 is 0 Å². The molecule has 1 saturated heterocycles. The molecule has 22 heavy (non-hydrogen) atoms. The zero-order valence-corrected chi connectivity index (χ0v) is 15.7. The van der Waals surface area contributed by atoms with E-state index in [9.17, 15) is 0 Å². The van der Waals surface area contributed by atoms with E-state index in [2.05, 4.69) is 25.7 Å². The van der Waals surface area contributed by atoms with E-state index in [1.54, 1.807) is 0 Å². The quantitative estimate of drug-likeness (QED) is 0.482. The van der Waals surface area contributed by atoms with Gasteiger partial charge in [-0.1, -0.05) is 71.6 Å². The Morgan fingerprint density at radius 2 is 1.45 bits per heavy atom. The highest BCUT2D eigenvalue weighted by Gasteiger charge is 2.33. The lowest BCUT2D eigenvalue weighted by Crippen LogP contribution is -2.54. The lowest BCUT2D eigenvalue weighted by atomic mass is 9.84. The molecule has 0 saturated carbocycles. The predicted molar refractivity (Wildman–Crippen MR) is 99.3 cm³/mol. The van der Waals surface area contributed by atoms with E-state index in [4.69, 9.17) is 5.73 Å². The topological polar surface area (TPSA) is 29.3 Å². The van der Waals surface area contributed by atoms with Crippen molar-refractivity contribution < 1.29 is 0 Å². The number of hydrogen-bond acceptors (Lipinski definition) is 2. The third-order valence-electron chi connectivity index (χ3n) is 5.61. The van der Waals surface area contributed by atoms with Crippen LogP contribution in [0, 0.1) is 0 Å². The molecule has 132 valence electrons. The molecule has 2 unspecified atom stereocenters. The molecule has 0 radical (unpaired) electrons. The molecule has 0 aliphatic carbocycles. The Balaban J connectivity index is 2.46. The van der Waals surface area contributed by atoms with Gasteiger partial charge in [0.05, 0.1) is 0 Å². The normalized spacial score (nSPS) is 22.6. The van der Waals surface area contributed by atoms with Crippen molar-refractivity contribution in [3.63, 3.8) is 0 Å². The minimum Gasteiger partial charge on any atom is -0.327 e. The Bertz CT molecular complexity index is 266. The fourth-order valence-corrected chi connectivity index (χ4v) is 3.98. The SMILES string of the molecule is CCCCCCCC(C)(CCCCCC)N1CCCC(N)C1. The smallest absolute Gasteiger partial charge is 0.0182 e. The molecule has 1 aliphatic rings. The summed E-state index contributed by atoms with van der Waals surface area (Å²) >= 11 is 0. The molecule has 0 aromatic rings. The van der Waals surface area contributed by atoms with Crippen molar-refractivity contribution in [1.29, 1.82) is 0 Å². The van der Waals surface area contributed by atoms with Gasteiger partial charge in [0.2, 0.25) is 0 Å². The van der Waals surface area contributed by atoms with Crippen LogP contribution in [0.5, 0.6) is 0 Å². The van der Waals surface area contributed by atoms with E-state index < -0.39 is 0 Å². The Morgan fingerprint density at radius 1 is 0.909 bits per heavy atom. The maximum Gasteiger partial charge on any atom is 0.0182 e. The molecular formula is C20H42N2. The number of piperidine rings is 1. The molecule has 1 fully saturated rings. The number of likely N-dealkylation sites (tertiary alicyclic amines) is 1. The van der Waals surface area contributed by atoms with Crippen molar-refractivity contribution in [3.05, 3.63) is 0 Å². The largest absolute Gasteiger partial charge is 0.327 e. The third-order valence-corrected chi connectivity index (χ3v) is 5.61. The molecular weight excluding hydrogens is 268 g/mol. The summed E-state index contributed by atoms with van der Waals surface area (Å²) in [6.07, 6.45) is 17.8. The van der Waals surface area contributed by atoms with E-state index in [-0.39, 0.29) is 0 Å². The molecule has 2 heteroatoms. The summed E-state index contributed by atoms with van der Waals surface area (Å²) in [6.45, 7) is 9.52. The first-order valence-electron chi connectivity index (χ1n) is 10.1. The second-order valence-electron chi connectivity index (χ2n) is 7.82. The Labute approximate surface area is 140 Å². The maximum absolute atomic E-state index is 6.25. The van der Waals surface area contributed by atoms with Crippen molar-refractivity contribution in [2.24, 2.45) is 5.73 Å². The number of hydrogen-bond donors (Lipinski definition) is 1. The highest BCUT2D eigenvalue weighted by molar-refractivity contribution is 4.90. The van der Waals surface area contributed by atoms with Gasteiger partial charge in [-0.2, -0.15) is 0 Å². The van der Waals surface area contributed by atoms with Crippen LogP contribution in [-0.2, 0) is 0 Å². The summed E-state index contributed by atoms with van der Waals surface area (Å²) in [4.78, 5) is 2.74. The Morgan fingerprint density at radius 3 is 2.00 bits per heavy atom. The number of nitrogens with zero attached hydrogens (tertiary/aromatic N) is 1. The molecule has 1 rings (SSSR count). The van der Waals surface area contributed by atoms with Gasteiger partial charge in [0, 0.05) is 18.1 Å². The van der Waals surface area contributed by atoms with Gasteiger partial charge in [-0.15, -0.1) is 0 Å².